The van der Waals surface area contributed by atoms with Gasteiger partial charge < -0.3 is 15.4 Å². The first-order chi connectivity index (χ1) is 10.6. The summed E-state index contributed by atoms with van der Waals surface area (Å²) < 4.78 is 5.06. The van der Waals surface area contributed by atoms with Crippen LogP contribution in [0.1, 0.15) is 5.56 Å². The molecule has 0 heterocycles. The number of benzene rings is 2. The van der Waals surface area contributed by atoms with E-state index in [0.717, 1.165) is 0 Å². The lowest BCUT2D eigenvalue weighted by molar-refractivity contribution is -0.110. The van der Waals surface area contributed by atoms with Crippen molar-refractivity contribution in [2.24, 2.45) is 0 Å². The lowest BCUT2D eigenvalue weighted by Crippen LogP contribution is -2.27. The number of thiocarbonyl (C=S) groups is 1. The summed E-state index contributed by atoms with van der Waals surface area (Å²) in [4.78, 5) is 12.1. The van der Waals surface area contributed by atoms with Crippen molar-refractivity contribution >= 4 is 34.5 Å². The van der Waals surface area contributed by atoms with E-state index in [9.17, 15) is 4.79 Å². The van der Waals surface area contributed by atoms with Crippen molar-refractivity contribution < 1.29 is 9.53 Å². The van der Waals surface area contributed by atoms with Gasteiger partial charge in [0.15, 0.2) is 4.99 Å². The van der Waals surface area contributed by atoms with Crippen LogP contribution in [-0.2, 0) is 4.79 Å². The molecule has 110 valence electrons. The Kier molecular flexibility index (Phi) is 5.07. The number of ether oxygens (including phenoxy) is 1. The quantitative estimate of drug-likeness (QED) is 0.853. The summed E-state index contributed by atoms with van der Waals surface area (Å²) >= 11 is 5.06. The molecule has 2 rings (SSSR count). The van der Waals surface area contributed by atoms with Gasteiger partial charge in [-0.25, -0.2) is 0 Å². The van der Waals surface area contributed by atoms with Gasteiger partial charge >= 0.3 is 0 Å². The van der Waals surface area contributed by atoms with E-state index in [2.05, 4.69) is 10.6 Å². The van der Waals surface area contributed by atoms with E-state index in [-0.39, 0.29) is 4.99 Å². The van der Waals surface area contributed by atoms with Crippen molar-refractivity contribution in [3.8, 4) is 11.8 Å². The van der Waals surface area contributed by atoms with Gasteiger partial charge in [0.05, 0.1) is 18.4 Å². The van der Waals surface area contributed by atoms with Gasteiger partial charge in [-0.3, -0.25) is 4.79 Å². The van der Waals surface area contributed by atoms with Crippen molar-refractivity contribution in [3.63, 3.8) is 0 Å². The summed E-state index contributed by atoms with van der Waals surface area (Å²) in [6.45, 7) is 0. The zero-order chi connectivity index (χ0) is 15.9. The molecule has 0 radical (unpaired) electrons. The molecule has 0 aliphatic rings. The minimum Gasteiger partial charge on any atom is -0.497 e. The van der Waals surface area contributed by atoms with Crippen molar-refractivity contribution in [1.82, 2.24) is 0 Å². The molecule has 0 spiro atoms. The fraction of sp³-hybridized carbons (Fsp3) is 0.0625. The molecule has 0 atom stereocenters. The van der Waals surface area contributed by atoms with Crippen LogP contribution in [0.3, 0.4) is 0 Å². The molecule has 0 bridgehead atoms. The molecule has 0 fully saturated rings. The topological polar surface area (TPSA) is 74.2 Å². The molecule has 22 heavy (non-hydrogen) atoms. The third-order valence-electron chi connectivity index (χ3n) is 2.85. The number of nitriles is 1. The third kappa shape index (κ3) is 3.81. The van der Waals surface area contributed by atoms with Crippen LogP contribution in [0.4, 0.5) is 11.4 Å². The lowest BCUT2D eigenvalue weighted by Gasteiger charge is -2.10. The van der Waals surface area contributed by atoms with Crippen LogP contribution in [0.2, 0.25) is 0 Å². The maximum Gasteiger partial charge on any atom is 0.283 e. The predicted molar refractivity (Wildman–Crippen MR) is 89.0 cm³/mol. The largest absolute Gasteiger partial charge is 0.497 e. The van der Waals surface area contributed by atoms with Crippen LogP contribution in [0, 0.1) is 11.3 Å². The summed E-state index contributed by atoms with van der Waals surface area (Å²) in [5, 5.41) is 14.4. The van der Waals surface area contributed by atoms with Crippen LogP contribution in [0.15, 0.2) is 48.5 Å². The Bertz CT molecular complexity index is 736. The highest BCUT2D eigenvalue weighted by atomic mass is 32.1. The number of amides is 1. The van der Waals surface area contributed by atoms with Gasteiger partial charge in [0, 0.05) is 5.69 Å². The second-order valence-electron chi connectivity index (χ2n) is 4.29. The van der Waals surface area contributed by atoms with Crippen molar-refractivity contribution in [2.45, 2.75) is 0 Å². The Morgan fingerprint density at radius 1 is 1.14 bits per heavy atom. The van der Waals surface area contributed by atoms with Gasteiger partial charge in [-0.15, -0.1) is 0 Å². The van der Waals surface area contributed by atoms with E-state index in [1.807, 2.05) is 6.07 Å². The van der Waals surface area contributed by atoms with Crippen molar-refractivity contribution in [1.29, 1.82) is 5.26 Å². The maximum atomic E-state index is 12.1. The summed E-state index contributed by atoms with van der Waals surface area (Å²) in [5.41, 5.74) is 1.48. The number of hydrogen-bond donors (Lipinski definition) is 2. The molecule has 6 heteroatoms. The number of nitrogens with zero attached hydrogens (tertiary/aromatic N) is 1. The Morgan fingerprint density at radius 2 is 1.82 bits per heavy atom. The number of carbonyl (C=O) groups is 1. The Labute approximate surface area is 133 Å². The minimum atomic E-state index is -0.478. The van der Waals surface area contributed by atoms with Gasteiger partial charge in [-0.1, -0.05) is 24.4 Å². The fourth-order valence-corrected chi connectivity index (χ4v) is 1.90. The second kappa shape index (κ2) is 7.20. The second-order valence-corrected chi connectivity index (χ2v) is 4.70. The van der Waals surface area contributed by atoms with Crippen molar-refractivity contribution in [3.05, 3.63) is 54.1 Å². The van der Waals surface area contributed by atoms with Crippen molar-refractivity contribution in [2.75, 3.05) is 17.7 Å². The summed E-state index contributed by atoms with van der Waals surface area (Å²) in [5.74, 6) is 0.234. The molecular weight excluding hydrogens is 298 g/mol. The first-order valence-corrected chi connectivity index (χ1v) is 6.80. The van der Waals surface area contributed by atoms with Crippen LogP contribution < -0.4 is 15.4 Å². The van der Waals surface area contributed by atoms with E-state index < -0.39 is 5.91 Å². The summed E-state index contributed by atoms with van der Waals surface area (Å²) in [7, 11) is 1.58. The monoisotopic (exact) mass is 311 g/mol. The average molecular weight is 311 g/mol. The van der Waals surface area contributed by atoms with Crippen LogP contribution in [-0.4, -0.2) is 18.0 Å². The van der Waals surface area contributed by atoms with Gasteiger partial charge in [0.25, 0.3) is 5.91 Å². The highest BCUT2D eigenvalue weighted by Gasteiger charge is 2.11. The molecule has 1 amide bonds. The van der Waals surface area contributed by atoms with Gasteiger partial charge in [-0.05, 0) is 36.4 Å². The standard InChI is InChI=1S/C16H13N3O2S/c1-21-13-8-6-12(7-9-13)18-16(22)15(20)19-14-5-3-2-4-11(14)10-17/h2-9H,1H3,(H,18,22)(H,19,20). The van der Waals surface area contributed by atoms with E-state index in [4.69, 9.17) is 22.2 Å². The molecule has 5 nitrogen and oxygen atoms in total. The molecule has 0 saturated carbocycles. The fourth-order valence-electron chi connectivity index (χ4n) is 1.73. The lowest BCUT2D eigenvalue weighted by atomic mass is 10.2. The maximum absolute atomic E-state index is 12.1. The van der Waals surface area contributed by atoms with E-state index in [1.54, 1.807) is 55.6 Å². The van der Waals surface area contributed by atoms with E-state index in [0.29, 0.717) is 22.7 Å². The molecule has 0 saturated heterocycles. The normalized spacial score (nSPS) is 9.45. The highest BCUT2D eigenvalue weighted by Crippen LogP contribution is 2.16. The number of anilines is 2. The van der Waals surface area contributed by atoms with E-state index >= 15 is 0 Å². The molecule has 2 N–H and O–H groups in total. The minimum absolute atomic E-state index is 0.0120. The number of hydrogen-bond acceptors (Lipinski definition) is 4. The first kappa shape index (κ1) is 15.5. The van der Waals surface area contributed by atoms with Crippen LogP contribution >= 0.6 is 12.2 Å². The zero-order valence-electron chi connectivity index (χ0n) is 11.8. The predicted octanol–water partition coefficient (Wildman–Crippen LogP) is 2.94. The van der Waals surface area contributed by atoms with Crippen LogP contribution in [0.5, 0.6) is 5.75 Å². The molecule has 2 aromatic rings. The Hall–Kier alpha value is -2.91. The number of nitrogens with one attached hydrogen (secondary N) is 2. The number of methoxy groups -OCH3 is 1. The Morgan fingerprint density at radius 3 is 2.45 bits per heavy atom. The van der Waals surface area contributed by atoms with Gasteiger partial charge in [-0.2, -0.15) is 5.26 Å². The molecule has 0 aromatic heterocycles. The van der Waals surface area contributed by atoms with Crippen LogP contribution in [0.25, 0.3) is 0 Å². The number of para-hydroxylation sites is 1. The van der Waals surface area contributed by atoms with E-state index in [1.165, 1.54) is 0 Å². The summed E-state index contributed by atoms with van der Waals surface area (Å²) in [6, 6.07) is 15.8. The molecular formula is C16H13N3O2S. The number of rotatable bonds is 3. The highest BCUT2D eigenvalue weighted by molar-refractivity contribution is 7.82. The van der Waals surface area contributed by atoms with Gasteiger partial charge in [0.2, 0.25) is 0 Å². The summed E-state index contributed by atoms with van der Waals surface area (Å²) in [6.07, 6.45) is 0. The molecule has 0 unspecified atom stereocenters. The SMILES string of the molecule is COc1ccc(NC(=S)C(=O)Nc2ccccc2C#N)cc1. The first-order valence-electron chi connectivity index (χ1n) is 6.39. The Balaban J connectivity index is 2.03. The molecule has 2 aromatic carbocycles. The third-order valence-corrected chi connectivity index (χ3v) is 3.14. The molecule has 0 aliphatic carbocycles. The zero-order valence-corrected chi connectivity index (χ0v) is 12.6. The molecule has 0 aliphatic heterocycles. The average Bonchev–Trinajstić information content (AvgIpc) is 2.56. The smallest absolute Gasteiger partial charge is 0.283 e. The number of carbonyl (C=O) groups excluding carboxylic acids is 1. The van der Waals surface area contributed by atoms with Gasteiger partial charge in [0.1, 0.15) is 11.8 Å².